The van der Waals surface area contributed by atoms with Gasteiger partial charge in [-0.15, -0.1) is 0 Å². The average molecular weight is 445 g/mol. The lowest BCUT2D eigenvalue weighted by atomic mass is 10.0. The molecule has 0 unspecified atom stereocenters. The molecule has 2 aromatic carbocycles. The van der Waals surface area contributed by atoms with Crippen LogP contribution in [0.25, 0.3) is 10.9 Å². The van der Waals surface area contributed by atoms with Crippen molar-refractivity contribution in [3.05, 3.63) is 65.1 Å². The number of fused-ring (bicyclic) bond motifs is 2. The number of carbonyl (C=O) groups is 2. The van der Waals surface area contributed by atoms with E-state index < -0.39 is 45.0 Å². The summed E-state index contributed by atoms with van der Waals surface area (Å²) in [5, 5.41) is 10.7. The number of nitrogens with zero attached hydrogens (tertiary/aromatic N) is 3. The number of hydrogen-bond donors (Lipinski definition) is 1. The summed E-state index contributed by atoms with van der Waals surface area (Å²) in [5.41, 5.74) is -0.408. The van der Waals surface area contributed by atoms with Crippen molar-refractivity contribution in [2.45, 2.75) is 6.54 Å². The van der Waals surface area contributed by atoms with E-state index in [1.807, 2.05) is 0 Å². The van der Waals surface area contributed by atoms with Crippen molar-refractivity contribution in [3.63, 3.8) is 0 Å². The highest BCUT2D eigenvalue weighted by molar-refractivity contribution is 7.84. The third kappa shape index (κ3) is 3.37. The number of aromatic nitrogens is 1. The zero-order valence-electron chi connectivity index (χ0n) is 16.4. The minimum atomic E-state index is -4.30. The van der Waals surface area contributed by atoms with Crippen molar-refractivity contribution in [1.82, 2.24) is 14.2 Å². The van der Waals surface area contributed by atoms with Gasteiger partial charge >= 0.3 is 10.3 Å². The van der Waals surface area contributed by atoms with Crippen LogP contribution < -0.4 is 4.18 Å². The first-order valence-electron chi connectivity index (χ1n) is 8.98. The summed E-state index contributed by atoms with van der Waals surface area (Å²) in [6, 6.07) is 8.07. The normalized spacial score (nSPS) is 13.9. The smallest absolute Gasteiger partial charge is 0.384 e. The van der Waals surface area contributed by atoms with E-state index in [2.05, 4.69) is 4.98 Å². The monoisotopic (exact) mass is 445 g/mol. The Bertz CT molecular complexity index is 1340. The van der Waals surface area contributed by atoms with Crippen molar-refractivity contribution < 1.29 is 31.7 Å². The molecule has 1 aromatic heterocycles. The highest BCUT2D eigenvalue weighted by Crippen LogP contribution is 2.44. The Morgan fingerprint density at radius 2 is 1.74 bits per heavy atom. The quantitative estimate of drug-likeness (QED) is 0.598. The van der Waals surface area contributed by atoms with E-state index in [4.69, 9.17) is 4.18 Å². The van der Waals surface area contributed by atoms with E-state index in [-0.39, 0.29) is 23.0 Å². The van der Waals surface area contributed by atoms with Crippen LogP contribution in [0.3, 0.4) is 0 Å². The van der Waals surface area contributed by atoms with Gasteiger partial charge in [0, 0.05) is 25.7 Å². The van der Waals surface area contributed by atoms with Crippen LogP contribution in [0.4, 0.5) is 4.39 Å². The van der Waals surface area contributed by atoms with Gasteiger partial charge in [-0.05, 0) is 29.8 Å². The van der Waals surface area contributed by atoms with Crippen molar-refractivity contribution in [3.8, 4) is 11.5 Å². The molecule has 0 saturated heterocycles. The standard InChI is InChI=1S/C20H16FN3O6S/c1-23(2)31(28,29)30-18-13-4-3-9-22-16(13)17(25)14-15(18)20(27)24(19(14)26)10-11-5-7-12(21)8-6-11/h3-9,25H,10H2,1-2H3. The molecule has 0 bridgehead atoms. The lowest BCUT2D eigenvalue weighted by Gasteiger charge is -2.16. The number of rotatable bonds is 5. The van der Waals surface area contributed by atoms with Gasteiger partial charge in [-0.2, -0.15) is 12.7 Å². The maximum absolute atomic E-state index is 13.2. The molecule has 2 amide bonds. The molecular weight excluding hydrogens is 429 g/mol. The number of carbonyl (C=O) groups excluding carboxylic acids is 2. The highest BCUT2D eigenvalue weighted by Gasteiger charge is 2.43. The highest BCUT2D eigenvalue weighted by atomic mass is 32.2. The van der Waals surface area contributed by atoms with Crippen LogP contribution in [0.15, 0.2) is 42.6 Å². The summed E-state index contributed by atoms with van der Waals surface area (Å²) >= 11 is 0. The summed E-state index contributed by atoms with van der Waals surface area (Å²) in [5.74, 6) is -3.13. The minimum Gasteiger partial charge on any atom is -0.505 e. The second-order valence-corrected chi connectivity index (χ2v) is 8.73. The first kappa shape index (κ1) is 20.7. The van der Waals surface area contributed by atoms with Crippen molar-refractivity contribution in [2.75, 3.05) is 14.1 Å². The number of halogens is 1. The SMILES string of the molecule is CN(C)S(=O)(=O)Oc1c2c(c(O)c3ncccc13)C(=O)N(Cc1ccc(F)cc1)C2=O. The van der Waals surface area contributed by atoms with Crippen LogP contribution >= 0.6 is 0 Å². The van der Waals surface area contributed by atoms with Crippen molar-refractivity contribution in [1.29, 1.82) is 0 Å². The first-order chi connectivity index (χ1) is 14.6. The molecule has 9 nitrogen and oxygen atoms in total. The number of amides is 2. The fraction of sp³-hybridized carbons (Fsp3) is 0.150. The van der Waals surface area contributed by atoms with E-state index >= 15 is 0 Å². The molecule has 1 aliphatic heterocycles. The summed E-state index contributed by atoms with van der Waals surface area (Å²) in [4.78, 5) is 31.0. The maximum atomic E-state index is 13.2. The molecule has 0 saturated carbocycles. The van der Waals surface area contributed by atoms with Gasteiger partial charge in [0.15, 0.2) is 11.5 Å². The fourth-order valence-corrected chi connectivity index (χ4v) is 3.75. The van der Waals surface area contributed by atoms with Crippen LogP contribution in [-0.2, 0) is 16.8 Å². The average Bonchev–Trinajstić information content (AvgIpc) is 2.97. The van der Waals surface area contributed by atoms with E-state index in [1.54, 1.807) is 0 Å². The molecule has 1 aliphatic rings. The fourth-order valence-electron chi connectivity index (χ4n) is 3.22. The number of phenolic OH excluding ortho intramolecular Hbond substituents is 1. The number of hydrogen-bond acceptors (Lipinski definition) is 7. The van der Waals surface area contributed by atoms with Gasteiger partial charge < -0.3 is 9.29 Å². The Morgan fingerprint density at radius 1 is 1.10 bits per heavy atom. The maximum Gasteiger partial charge on any atom is 0.384 e. The van der Waals surface area contributed by atoms with Gasteiger partial charge in [0.2, 0.25) is 0 Å². The van der Waals surface area contributed by atoms with Crippen molar-refractivity contribution in [2.24, 2.45) is 0 Å². The molecule has 160 valence electrons. The molecule has 0 fully saturated rings. The predicted octanol–water partition coefficient (Wildman–Crippen LogP) is 2.06. The number of aromatic hydroxyl groups is 1. The van der Waals surface area contributed by atoms with Crippen LogP contribution in [-0.4, -0.2) is 53.6 Å². The van der Waals surface area contributed by atoms with Crippen LogP contribution in [0.1, 0.15) is 26.3 Å². The number of pyridine rings is 1. The zero-order chi connectivity index (χ0) is 22.5. The third-order valence-electron chi connectivity index (χ3n) is 4.80. The topological polar surface area (TPSA) is 117 Å². The first-order valence-corrected chi connectivity index (χ1v) is 10.3. The molecule has 0 spiro atoms. The molecule has 0 aliphatic carbocycles. The van der Waals surface area contributed by atoms with E-state index in [0.717, 1.165) is 9.21 Å². The van der Waals surface area contributed by atoms with E-state index in [1.165, 1.54) is 56.7 Å². The Hall–Kier alpha value is -3.57. The Morgan fingerprint density at radius 3 is 2.39 bits per heavy atom. The lowest BCUT2D eigenvalue weighted by molar-refractivity contribution is 0.0641. The largest absolute Gasteiger partial charge is 0.505 e. The molecule has 11 heteroatoms. The van der Waals surface area contributed by atoms with Gasteiger partial charge in [0.1, 0.15) is 22.5 Å². The molecule has 1 N–H and O–H groups in total. The molecule has 2 heterocycles. The van der Waals surface area contributed by atoms with Gasteiger partial charge in [-0.1, -0.05) is 12.1 Å². The van der Waals surface area contributed by atoms with Crippen LogP contribution in [0, 0.1) is 5.82 Å². The summed E-state index contributed by atoms with van der Waals surface area (Å²) < 4.78 is 44.0. The molecule has 3 aromatic rings. The van der Waals surface area contributed by atoms with Gasteiger partial charge in [-0.25, -0.2) is 4.39 Å². The van der Waals surface area contributed by atoms with Crippen LogP contribution in [0.5, 0.6) is 11.5 Å². The van der Waals surface area contributed by atoms with E-state index in [0.29, 0.717) is 5.56 Å². The molecular formula is C20H16FN3O6S. The van der Waals surface area contributed by atoms with Crippen molar-refractivity contribution >= 4 is 33.0 Å². The van der Waals surface area contributed by atoms with Gasteiger partial charge in [0.25, 0.3) is 11.8 Å². The summed E-state index contributed by atoms with van der Waals surface area (Å²) in [6.45, 7) is -0.213. The summed E-state index contributed by atoms with van der Waals surface area (Å²) in [7, 11) is -1.82. The molecule has 31 heavy (non-hydrogen) atoms. The molecule has 0 atom stereocenters. The number of phenols is 1. The Kier molecular flexibility index (Phi) is 4.86. The second kappa shape index (κ2) is 7.29. The lowest BCUT2D eigenvalue weighted by Crippen LogP contribution is -2.30. The molecule has 0 radical (unpaired) electrons. The van der Waals surface area contributed by atoms with E-state index in [9.17, 15) is 27.5 Å². The third-order valence-corrected chi connectivity index (χ3v) is 6.07. The van der Waals surface area contributed by atoms with Gasteiger partial charge in [-0.3, -0.25) is 19.5 Å². The number of imide groups is 1. The summed E-state index contributed by atoms with van der Waals surface area (Å²) in [6.07, 6.45) is 1.34. The second-order valence-electron chi connectivity index (χ2n) is 6.97. The number of benzene rings is 2. The minimum absolute atomic E-state index is 0.0500. The molecule has 4 rings (SSSR count). The predicted molar refractivity (Wildman–Crippen MR) is 107 cm³/mol. The Labute approximate surface area is 176 Å². The zero-order valence-corrected chi connectivity index (χ0v) is 17.2. The van der Waals surface area contributed by atoms with Gasteiger partial charge in [0.05, 0.1) is 6.54 Å². The Balaban J connectivity index is 1.91. The van der Waals surface area contributed by atoms with Crippen LogP contribution in [0.2, 0.25) is 0 Å².